The SMILES string of the molecule is Cc1cnc(NC(=O)CN2CCN(Cc3ccc4c(c3)OCO4)CC2)s1. The van der Waals surface area contributed by atoms with Crippen molar-refractivity contribution < 1.29 is 14.3 Å². The van der Waals surface area contributed by atoms with E-state index in [4.69, 9.17) is 9.47 Å². The summed E-state index contributed by atoms with van der Waals surface area (Å²) in [6.07, 6.45) is 1.77. The van der Waals surface area contributed by atoms with Crippen LogP contribution in [0.15, 0.2) is 24.4 Å². The third-order valence-electron chi connectivity index (χ3n) is 4.54. The minimum Gasteiger partial charge on any atom is -0.454 e. The smallest absolute Gasteiger partial charge is 0.240 e. The molecule has 1 aromatic heterocycles. The fourth-order valence-corrected chi connectivity index (χ4v) is 3.86. The van der Waals surface area contributed by atoms with Gasteiger partial charge in [0.1, 0.15) is 0 Å². The number of nitrogens with zero attached hydrogens (tertiary/aromatic N) is 3. The Balaban J connectivity index is 1.23. The summed E-state index contributed by atoms with van der Waals surface area (Å²) in [6.45, 7) is 7.23. The van der Waals surface area contributed by atoms with E-state index in [1.165, 1.54) is 16.9 Å². The average molecular weight is 374 g/mol. The molecule has 0 unspecified atom stereocenters. The molecule has 1 saturated heterocycles. The van der Waals surface area contributed by atoms with Gasteiger partial charge in [-0.15, -0.1) is 11.3 Å². The number of ether oxygens (including phenoxy) is 2. The maximum atomic E-state index is 12.1. The summed E-state index contributed by atoms with van der Waals surface area (Å²) in [7, 11) is 0. The normalized spacial score (nSPS) is 17.4. The first-order chi connectivity index (χ1) is 12.7. The Morgan fingerprint density at radius 2 is 1.96 bits per heavy atom. The Hall–Kier alpha value is -2.16. The first-order valence-corrected chi connectivity index (χ1v) is 9.53. The van der Waals surface area contributed by atoms with Gasteiger partial charge in [0.15, 0.2) is 16.6 Å². The van der Waals surface area contributed by atoms with Gasteiger partial charge in [0, 0.05) is 43.8 Å². The van der Waals surface area contributed by atoms with Crippen molar-refractivity contribution in [1.82, 2.24) is 14.8 Å². The molecule has 26 heavy (non-hydrogen) atoms. The standard InChI is InChI=1S/C18H22N4O3S/c1-13-9-19-18(26-13)20-17(23)11-22-6-4-21(5-7-22)10-14-2-3-15-16(8-14)25-12-24-15/h2-3,8-9H,4-7,10-12H2,1H3,(H,19,20,23). The second-order valence-electron chi connectivity index (χ2n) is 6.56. The molecule has 4 rings (SSSR count). The fraction of sp³-hybridized carbons (Fsp3) is 0.444. The van der Waals surface area contributed by atoms with Crippen LogP contribution in [0.25, 0.3) is 0 Å². The van der Waals surface area contributed by atoms with Crippen LogP contribution in [-0.2, 0) is 11.3 Å². The number of carbonyl (C=O) groups excluding carboxylic acids is 1. The monoisotopic (exact) mass is 374 g/mol. The van der Waals surface area contributed by atoms with Crippen LogP contribution in [0.5, 0.6) is 11.5 Å². The van der Waals surface area contributed by atoms with Crippen LogP contribution in [-0.4, -0.2) is 60.2 Å². The summed E-state index contributed by atoms with van der Waals surface area (Å²) >= 11 is 1.50. The van der Waals surface area contributed by atoms with Crippen molar-refractivity contribution in [2.24, 2.45) is 0 Å². The molecule has 2 aromatic rings. The summed E-state index contributed by atoms with van der Waals surface area (Å²) in [5.74, 6) is 1.65. The number of benzene rings is 1. The molecule has 8 heteroatoms. The number of fused-ring (bicyclic) bond motifs is 1. The number of anilines is 1. The van der Waals surface area contributed by atoms with Gasteiger partial charge < -0.3 is 14.8 Å². The van der Waals surface area contributed by atoms with E-state index in [0.717, 1.165) is 49.1 Å². The molecular weight excluding hydrogens is 352 g/mol. The molecule has 1 N–H and O–H groups in total. The summed E-state index contributed by atoms with van der Waals surface area (Å²) in [5, 5.41) is 3.55. The van der Waals surface area contributed by atoms with Crippen LogP contribution < -0.4 is 14.8 Å². The van der Waals surface area contributed by atoms with Crippen molar-refractivity contribution in [3.8, 4) is 11.5 Å². The van der Waals surface area contributed by atoms with E-state index in [0.29, 0.717) is 18.5 Å². The Morgan fingerprint density at radius 1 is 1.19 bits per heavy atom. The van der Waals surface area contributed by atoms with E-state index in [9.17, 15) is 4.79 Å². The van der Waals surface area contributed by atoms with E-state index in [1.807, 2.05) is 13.0 Å². The molecule has 0 saturated carbocycles. The first kappa shape index (κ1) is 17.3. The van der Waals surface area contributed by atoms with E-state index < -0.39 is 0 Å². The van der Waals surface area contributed by atoms with E-state index >= 15 is 0 Å². The lowest BCUT2D eigenvalue weighted by Gasteiger charge is -2.34. The highest BCUT2D eigenvalue weighted by Crippen LogP contribution is 2.32. The summed E-state index contributed by atoms with van der Waals surface area (Å²) < 4.78 is 10.8. The van der Waals surface area contributed by atoms with Gasteiger partial charge in [-0.3, -0.25) is 14.6 Å². The number of amides is 1. The molecular formula is C18H22N4O3S. The lowest BCUT2D eigenvalue weighted by atomic mass is 10.1. The van der Waals surface area contributed by atoms with Crippen LogP contribution >= 0.6 is 11.3 Å². The fourth-order valence-electron chi connectivity index (χ4n) is 3.18. The zero-order valence-electron chi connectivity index (χ0n) is 14.7. The third-order valence-corrected chi connectivity index (χ3v) is 5.37. The number of hydrogen-bond acceptors (Lipinski definition) is 7. The van der Waals surface area contributed by atoms with E-state index in [-0.39, 0.29) is 5.91 Å². The second kappa shape index (κ2) is 7.61. The zero-order valence-corrected chi connectivity index (χ0v) is 15.6. The second-order valence-corrected chi connectivity index (χ2v) is 7.80. The van der Waals surface area contributed by atoms with Gasteiger partial charge >= 0.3 is 0 Å². The third kappa shape index (κ3) is 4.14. The maximum Gasteiger partial charge on any atom is 0.240 e. The van der Waals surface area contributed by atoms with Gasteiger partial charge in [-0.1, -0.05) is 6.07 Å². The van der Waals surface area contributed by atoms with Gasteiger partial charge in [0.2, 0.25) is 12.7 Å². The number of hydrogen-bond donors (Lipinski definition) is 1. The quantitative estimate of drug-likeness (QED) is 0.863. The van der Waals surface area contributed by atoms with Gasteiger partial charge in [-0.25, -0.2) is 4.98 Å². The van der Waals surface area contributed by atoms with Crippen molar-refractivity contribution >= 4 is 22.4 Å². The van der Waals surface area contributed by atoms with Gasteiger partial charge in [0.05, 0.1) is 6.54 Å². The highest BCUT2D eigenvalue weighted by Gasteiger charge is 2.20. The van der Waals surface area contributed by atoms with Crippen molar-refractivity contribution in [1.29, 1.82) is 0 Å². The van der Waals surface area contributed by atoms with Crippen LogP contribution in [0.2, 0.25) is 0 Å². The summed E-state index contributed by atoms with van der Waals surface area (Å²) in [5.41, 5.74) is 1.22. The predicted octanol–water partition coefficient (Wildman–Crippen LogP) is 1.94. The summed E-state index contributed by atoms with van der Waals surface area (Å²) in [4.78, 5) is 22.0. The predicted molar refractivity (Wildman–Crippen MR) is 99.8 cm³/mol. The minimum atomic E-state index is 0.00331. The van der Waals surface area contributed by atoms with Gasteiger partial charge in [-0.2, -0.15) is 0 Å². The number of piperazine rings is 1. The molecule has 2 aliphatic heterocycles. The number of aryl methyl sites for hydroxylation is 1. The molecule has 1 fully saturated rings. The highest BCUT2D eigenvalue weighted by atomic mass is 32.1. The molecule has 138 valence electrons. The van der Waals surface area contributed by atoms with Crippen LogP contribution in [0, 0.1) is 6.92 Å². The lowest BCUT2D eigenvalue weighted by molar-refractivity contribution is -0.117. The van der Waals surface area contributed by atoms with Gasteiger partial charge in [-0.05, 0) is 24.6 Å². The molecule has 0 spiro atoms. The van der Waals surface area contributed by atoms with Crippen LogP contribution in [0.1, 0.15) is 10.4 Å². The average Bonchev–Trinajstić information content (AvgIpc) is 3.25. The molecule has 0 bridgehead atoms. The molecule has 2 aliphatic rings. The van der Waals surface area contributed by atoms with Crippen LogP contribution in [0.4, 0.5) is 5.13 Å². The minimum absolute atomic E-state index is 0.00331. The molecule has 0 aliphatic carbocycles. The van der Waals surface area contributed by atoms with Crippen molar-refractivity contribution in [2.45, 2.75) is 13.5 Å². The van der Waals surface area contributed by atoms with Crippen LogP contribution in [0.3, 0.4) is 0 Å². The Bertz CT molecular complexity index is 786. The van der Waals surface area contributed by atoms with Crippen molar-refractivity contribution in [3.05, 3.63) is 34.8 Å². The molecule has 0 radical (unpaired) electrons. The highest BCUT2D eigenvalue weighted by molar-refractivity contribution is 7.15. The van der Waals surface area contributed by atoms with E-state index in [1.54, 1.807) is 6.20 Å². The maximum absolute atomic E-state index is 12.1. The Kier molecular flexibility index (Phi) is 5.05. The first-order valence-electron chi connectivity index (χ1n) is 8.71. The van der Waals surface area contributed by atoms with Crippen molar-refractivity contribution in [3.63, 3.8) is 0 Å². The van der Waals surface area contributed by atoms with Gasteiger partial charge in [0.25, 0.3) is 0 Å². The molecule has 1 aromatic carbocycles. The molecule has 3 heterocycles. The number of thiazole rings is 1. The lowest BCUT2D eigenvalue weighted by Crippen LogP contribution is -2.48. The van der Waals surface area contributed by atoms with Crippen molar-refractivity contribution in [2.75, 3.05) is 44.8 Å². The van der Waals surface area contributed by atoms with E-state index in [2.05, 4.69) is 32.2 Å². The molecule has 7 nitrogen and oxygen atoms in total. The number of carbonyl (C=O) groups is 1. The summed E-state index contributed by atoms with van der Waals surface area (Å²) in [6, 6.07) is 6.11. The largest absolute Gasteiger partial charge is 0.454 e. The number of nitrogens with one attached hydrogen (secondary N) is 1. The molecule has 0 atom stereocenters. The zero-order chi connectivity index (χ0) is 17.9. The number of rotatable bonds is 5. The number of aromatic nitrogens is 1. The Labute approximate surface area is 156 Å². The molecule has 1 amide bonds. The topological polar surface area (TPSA) is 66.9 Å². The Morgan fingerprint density at radius 3 is 2.73 bits per heavy atom.